The van der Waals surface area contributed by atoms with Crippen LogP contribution in [0.5, 0.6) is 0 Å². The van der Waals surface area contributed by atoms with E-state index in [9.17, 15) is 24.0 Å². The van der Waals surface area contributed by atoms with Gasteiger partial charge < -0.3 is 37.1 Å². The second-order valence-electron chi connectivity index (χ2n) is 14.6. The smallest absolute Gasteiger partial charge is 0.222 e. The Bertz CT molecular complexity index is 904. The van der Waals surface area contributed by atoms with Crippen LogP contribution >= 0.6 is 0 Å². The molecule has 11 heteroatoms. The zero-order valence-corrected chi connectivity index (χ0v) is 32.6. The molecule has 0 fully saturated rings. The van der Waals surface area contributed by atoms with Crippen molar-refractivity contribution in [2.75, 3.05) is 26.7 Å². The summed E-state index contributed by atoms with van der Waals surface area (Å²) in [4.78, 5) is 62.9. The van der Waals surface area contributed by atoms with E-state index in [1.54, 1.807) is 0 Å². The molecule has 5 unspecified atom stereocenters. The summed E-state index contributed by atoms with van der Waals surface area (Å²) in [6, 6.07) is -0.788. The number of hydrogen-bond donors (Lipinski definition) is 6. The Morgan fingerprint density at radius 3 is 1.52 bits per heavy atom. The first-order chi connectivity index (χ1) is 24.1. The van der Waals surface area contributed by atoms with E-state index < -0.39 is 0 Å². The van der Waals surface area contributed by atoms with Crippen LogP contribution in [0.25, 0.3) is 0 Å². The van der Waals surface area contributed by atoms with Gasteiger partial charge in [0.1, 0.15) is 6.29 Å². The molecule has 7 N–H and O–H groups in total. The van der Waals surface area contributed by atoms with Crippen molar-refractivity contribution in [1.82, 2.24) is 26.6 Å². The van der Waals surface area contributed by atoms with Gasteiger partial charge >= 0.3 is 0 Å². The third kappa shape index (κ3) is 28.2. The first-order valence-corrected chi connectivity index (χ1v) is 20.0. The monoisotopic (exact) mass is 709 g/mol. The van der Waals surface area contributed by atoms with Crippen molar-refractivity contribution in [3.63, 3.8) is 0 Å². The molecule has 292 valence electrons. The van der Waals surface area contributed by atoms with Gasteiger partial charge in [-0.1, -0.05) is 91.9 Å². The van der Waals surface area contributed by atoms with Gasteiger partial charge in [-0.25, -0.2) is 0 Å². The summed E-state index contributed by atoms with van der Waals surface area (Å²) < 4.78 is 0. The lowest BCUT2D eigenvalue weighted by molar-refractivity contribution is -0.126. The van der Waals surface area contributed by atoms with Crippen LogP contribution in [0, 0.1) is 11.8 Å². The number of rotatable bonds is 34. The molecule has 0 aromatic heterocycles. The van der Waals surface area contributed by atoms with Crippen LogP contribution < -0.4 is 32.3 Å². The Morgan fingerprint density at radius 2 is 1.02 bits per heavy atom. The van der Waals surface area contributed by atoms with Crippen molar-refractivity contribution in [3.05, 3.63) is 0 Å². The first-order valence-electron chi connectivity index (χ1n) is 20.0. The molecular weight excluding hydrogens is 632 g/mol. The van der Waals surface area contributed by atoms with Crippen molar-refractivity contribution in [1.29, 1.82) is 0 Å². The summed E-state index contributed by atoms with van der Waals surface area (Å²) in [5.41, 5.74) is 5.59. The van der Waals surface area contributed by atoms with Crippen LogP contribution in [-0.2, 0) is 24.0 Å². The maximum absolute atomic E-state index is 13.1. The van der Waals surface area contributed by atoms with Gasteiger partial charge in [0.2, 0.25) is 23.6 Å². The van der Waals surface area contributed by atoms with E-state index in [4.69, 9.17) is 5.73 Å². The number of nitrogens with one attached hydrogen (secondary N) is 5. The molecule has 0 aliphatic carbocycles. The van der Waals surface area contributed by atoms with E-state index in [1.165, 1.54) is 0 Å². The number of nitrogens with two attached hydrogens (primary N) is 1. The summed E-state index contributed by atoms with van der Waals surface area (Å²) in [7, 11) is 1.95. The summed E-state index contributed by atoms with van der Waals surface area (Å²) in [5.74, 6) is 0.240. The summed E-state index contributed by atoms with van der Waals surface area (Å²) in [5, 5.41) is 15.3. The van der Waals surface area contributed by atoms with Crippen molar-refractivity contribution < 1.29 is 24.0 Å². The minimum Gasteiger partial charge on any atom is -0.356 e. The van der Waals surface area contributed by atoms with Gasteiger partial charge in [0.25, 0.3) is 0 Å². The molecule has 0 saturated carbocycles. The Labute approximate surface area is 305 Å². The number of unbranched alkanes of at least 4 members (excludes halogenated alkanes) is 6. The van der Waals surface area contributed by atoms with Crippen LogP contribution in [0.2, 0.25) is 0 Å². The van der Waals surface area contributed by atoms with E-state index in [0.29, 0.717) is 44.7 Å². The molecule has 0 heterocycles. The van der Waals surface area contributed by atoms with Crippen molar-refractivity contribution in [2.45, 2.75) is 181 Å². The average Bonchev–Trinajstić information content (AvgIpc) is 3.05. The van der Waals surface area contributed by atoms with E-state index in [1.807, 2.05) is 7.05 Å². The van der Waals surface area contributed by atoms with E-state index in [2.05, 4.69) is 54.3 Å². The molecule has 4 amide bonds. The van der Waals surface area contributed by atoms with Gasteiger partial charge in [-0.05, 0) is 70.5 Å². The van der Waals surface area contributed by atoms with Crippen molar-refractivity contribution in [3.8, 4) is 0 Å². The standard InChI is InChI=1S/C39H76N6O5/c1-6-8-10-19-34(44-37(48)28-32(4)18-13-15-24-41-5)29-36(47)42-25-16-21-33(22-26-46)43-39(50)30-35(20-11-9-7-2)45-38(49)27-31(3)17-12-14-23-40/h26,31-35,41H,6-25,27-30,40H2,1-5H3,(H,42,47)(H,43,50)(H,44,48)(H,45,49). The molecule has 5 atom stereocenters. The lowest BCUT2D eigenvalue weighted by Gasteiger charge is -2.22. The number of carbonyl (C=O) groups is 5. The molecule has 0 aliphatic rings. The molecule has 0 saturated heterocycles. The van der Waals surface area contributed by atoms with Crippen molar-refractivity contribution in [2.24, 2.45) is 17.6 Å². The molecule has 0 radical (unpaired) electrons. The van der Waals surface area contributed by atoms with Crippen LogP contribution in [0.4, 0.5) is 0 Å². The normalized spacial score (nSPS) is 14.2. The zero-order valence-electron chi connectivity index (χ0n) is 32.6. The first kappa shape index (κ1) is 47.5. The minimum atomic E-state index is -0.340. The fourth-order valence-electron chi connectivity index (χ4n) is 6.32. The quantitative estimate of drug-likeness (QED) is 0.0382. The second-order valence-corrected chi connectivity index (χ2v) is 14.6. The molecule has 0 aromatic rings. The number of hydrogen-bond acceptors (Lipinski definition) is 7. The third-order valence-electron chi connectivity index (χ3n) is 9.30. The highest BCUT2D eigenvalue weighted by atomic mass is 16.2. The predicted molar refractivity (Wildman–Crippen MR) is 204 cm³/mol. The molecule has 0 aliphatic heterocycles. The van der Waals surface area contributed by atoms with Gasteiger partial charge in [-0.15, -0.1) is 0 Å². The van der Waals surface area contributed by atoms with Gasteiger partial charge in [0.05, 0.1) is 0 Å². The van der Waals surface area contributed by atoms with Crippen LogP contribution in [0.1, 0.15) is 163 Å². The maximum Gasteiger partial charge on any atom is 0.222 e. The minimum absolute atomic E-state index is 0.00733. The molecular formula is C39H76N6O5. The second kappa shape index (κ2) is 32.4. The number of amides is 4. The Morgan fingerprint density at radius 1 is 0.560 bits per heavy atom. The SMILES string of the molecule is CCCCCC(CC(=O)NCCCC(CC=O)NC(=O)CC(CCCCC)NC(=O)CC(C)CCCCN)NC(=O)CC(C)CCCCNC. The van der Waals surface area contributed by atoms with Crippen LogP contribution in [0.3, 0.4) is 0 Å². The van der Waals surface area contributed by atoms with E-state index in [0.717, 1.165) is 103 Å². The molecule has 0 spiro atoms. The highest BCUT2D eigenvalue weighted by Crippen LogP contribution is 2.15. The summed E-state index contributed by atoms with van der Waals surface area (Å²) in [6.07, 6.45) is 17.1. The predicted octanol–water partition coefficient (Wildman–Crippen LogP) is 5.44. The highest BCUT2D eigenvalue weighted by molar-refractivity contribution is 5.80. The van der Waals surface area contributed by atoms with E-state index >= 15 is 0 Å². The maximum atomic E-state index is 13.1. The van der Waals surface area contributed by atoms with Crippen LogP contribution in [0.15, 0.2) is 0 Å². The molecule has 0 bridgehead atoms. The zero-order chi connectivity index (χ0) is 37.4. The highest BCUT2D eigenvalue weighted by Gasteiger charge is 2.21. The molecule has 0 aromatic carbocycles. The third-order valence-corrected chi connectivity index (χ3v) is 9.30. The van der Waals surface area contributed by atoms with Crippen molar-refractivity contribution >= 4 is 29.9 Å². The fraction of sp³-hybridized carbons (Fsp3) is 0.872. The summed E-state index contributed by atoms with van der Waals surface area (Å²) in [6.45, 7) is 10.5. The average molecular weight is 709 g/mol. The largest absolute Gasteiger partial charge is 0.356 e. The number of carbonyl (C=O) groups excluding carboxylic acids is 5. The molecule has 50 heavy (non-hydrogen) atoms. The molecule has 11 nitrogen and oxygen atoms in total. The lowest BCUT2D eigenvalue weighted by Crippen LogP contribution is -2.42. The Balaban J connectivity index is 4.87. The van der Waals surface area contributed by atoms with Crippen LogP contribution in [-0.4, -0.2) is 74.7 Å². The topological polar surface area (TPSA) is 172 Å². The Kier molecular flexibility index (Phi) is 30.7. The fourth-order valence-corrected chi connectivity index (χ4v) is 6.32. The van der Waals surface area contributed by atoms with Gasteiger partial charge in [-0.2, -0.15) is 0 Å². The molecule has 0 rings (SSSR count). The number of aldehydes is 1. The summed E-state index contributed by atoms with van der Waals surface area (Å²) >= 11 is 0. The van der Waals surface area contributed by atoms with Gasteiger partial charge in [-0.3, -0.25) is 19.2 Å². The van der Waals surface area contributed by atoms with Gasteiger partial charge in [0.15, 0.2) is 0 Å². The van der Waals surface area contributed by atoms with E-state index in [-0.39, 0.29) is 66.9 Å². The van der Waals surface area contributed by atoms with Gasteiger partial charge in [0, 0.05) is 56.8 Å². The lowest BCUT2D eigenvalue weighted by atomic mass is 9.99. The Hall–Kier alpha value is -2.53.